The van der Waals surface area contributed by atoms with Gasteiger partial charge in [-0.25, -0.2) is 0 Å². The first-order chi connectivity index (χ1) is 10.9. The maximum Gasteiger partial charge on any atom is 0.228 e. The summed E-state index contributed by atoms with van der Waals surface area (Å²) in [5.74, 6) is 0.620. The van der Waals surface area contributed by atoms with Crippen LogP contribution in [0.2, 0.25) is 0 Å². The first-order valence-electron chi connectivity index (χ1n) is 8.62. The fourth-order valence-electron chi connectivity index (χ4n) is 3.50. The third kappa shape index (κ3) is 3.74. The predicted molar refractivity (Wildman–Crippen MR) is 91.1 cm³/mol. The number of likely N-dealkylation sites (tertiary alicyclic amines) is 1. The summed E-state index contributed by atoms with van der Waals surface area (Å²) in [6.45, 7) is 7.97. The second-order valence-corrected chi connectivity index (χ2v) is 7.32. The number of nitrogens with zero attached hydrogens (tertiary/aromatic N) is 1. The molecule has 2 fully saturated rings. The molecule has 1 saturated heterocycles. The van der Waals surface area contributed by atoms with Gasteiger partial charge in [0, 0.05) is 18.8 Å². The molecular weight excluding hydrogens is 288 g/mol. The summed E-state index contributed by atoms with van der Waals surface area (Å²) in [4.78, 5) is 26.8. The first-order valence-corrected chi connectivity index (χ1v) is 8.62. The Morgan fingerprint density at radius 2 is 1.65 bits per heavy atom. The molecule has 1 heterocycles. The Bertz CT molecular complexity index is 598. The van der Waals surface area contributed by atoms with E-state index >= 15 is 0 Å². The van der Waals surface area contributed by atoms with E-state index in [1.54, 1.807) is 0 Å². The highest BCUT2D eigenvalue weighted by Gasteiger charge is 2.49. The van der Waals surface area contributed by atoms with E-state index in [4.69, 9.17) is 0 Å². The Hall–Kier alpha value is -1.84. The SMILES string of the molecule is Cc1cc(C)cc(NC(=O)C2CC2C(=O)N2CCC(C)CC2)c1. The second kappa shape index (κ2) is 6.34. The van der Waals surface area contributed by atoms with Gasteiger partial charge in [0.1, 0.15) is 0 Å². The number of carbonyl (C=O) groups is 2. The molecule has 1 aliphatic heterocycles. The van der Waals surface area contributed by atoms with Crippen LogP contribution >= 0.6 is 0 Å². The minimum atomic E-state index is -0.150. The molecule has 23 heavy (non-hydrogen) atoms. The number of carbonyl (C=O) groups excluding carboxylic acids is 2. The summed E-state index contributed by atoms with van der Waals surface area (Å²) >= 11 is 0. The van der Waals surface area contributed by atoms with Crippen molar-refractivity contribution in [2.45, 2.75) is 40.0 Å². The van der Waals surface area contributed by atoms with E-state index in [-0.39, 0.29) is 23.7 Å². The Kier molecular flexibility index (Phi) is 4.42. The van der Waals surface area contributed by atoms with Crippen LogP contribution in [0.5, 0.6) is 0 Å². The fraction of sp³-hybridized carbons (Fsp3) is 0.579. The summed E-state index contributed by atoms with van der Waals surface area (Å²) in [5.41, 5.74) is 3.09. The van der Waals surface area contributed by atoms with Crippen LogP contribution in [0.4, 0.5) is 5.69 Å². The van der Waals surface area contributed by atoms with Gasteiger partial charge in [-0.05, 0) is 62.3 Å². The number of hydrogen-bond acceptors (Lipinski definition) is 2. The quantitative estimate of drug-likeness (QED) is 0.932. The number of rotatable bonds is 3. The molecule has 1 saturated carbocycles. The lowest BCUT2D eigenvalue weighted by molar-refractivity contribution is -0.135. The third-order valence-corrected chi connectivity index (χ3v) is 5.03. The molecule has 2 unspecified atom stereocenters. The molecule has 4 heteroatoms. The number of amides is 2. The van der Waals surface area contributed by atoms with Crippen molar-refractivity contribution >= 4 is 17.5 Å². The summed E-state index contributed by atoms with van der Waals surface area (Å²) in [6.07, 6.45) is 2.86. The molecule has 0 bridgehead atoms. The third-order valence-electron chi connectivity index (χ3n) is 5.03. The van der Waals surface area contributed by atoms with Gasteiger partial charge in [0.25, 0.3) is 0 Å². The molecule has 1 aromatic carbocycles. The van der Waals surface area contributed by atoms with Gasteiger partial charge in [0.05, 0.1) is 11.8 Å². The van der Waals surface area contributed by atoms with Gasteiger partial charge < -0.3 is 10.2 Å². The van der Waals surface area contributed by atoms with Crippen molar-refractivity contribution in [2.24, 2.45) is 17.8 Å². The molecule has 0 radical (unpaired) electrons. The summed E-state index contributed by atoms with van der Waals surface area (Å²) in [7, 11) is 0. The smallest absolute Gasteiger partial charge is 0.228 e. The summed E-state index contributed by atoms with van der Waals surface area (Å²) in [5, 5.41) is 2.97. The normalized spacial score (nSPS) is 24.4. The van der Waals surface area contributed by atoms with Gasteiger partial charge in [0.2, 0.25) is 11.8 Å². The van der Waals surface area contributed by atoms with Gasteiger partial charge in [-0.1, -0.05) is 13.0 Å². The molecule has 3 rings (SSSR count). The Labute approximate surface area is 138 Å². The molecule has 0 spiro atoms. The van der Waals surface area contributed by atoms with Crippen LogP contribution in [0.15, 0.2) is 18.2 Å². The van der Waals surface area contributed by atoms with E-state index in [1.165, 1.54) is 0 Å². The molecule has 2 amide bonds. The predicted octanol–water partition coefficient (Wildman–Crippen LogP) is 3.14. The average Bonchev–Trinajstić information content (AvgIpc) is 3.26. The number of anilines is 1. The molecule has 0 aromatic heterocycles. The lowest BCUT2D eigenvalue weighted by atomic mass is 9.99. The van der Waals surface area contributed by atoms with E-state index in [1.807, 2.05) is 30.9 Å². The highest BCUT2D eigenvalue weighted by atomic mass is 16.2. The van der Waals surface area contributed by atoms with E-state index in [0.717, 1.165) is 42.7 Å². The van der Waals surface area contributed by atoms with Crippen molar-refractivity contribution in [1.82, 2.24) is 4.90 Å². The van der Waals surface area contributed by atoms with Crippen LogP contribution < -0.4 is 5.32 Å². The number of piperidine rings is 1. The van der Waals surface area contributed by atoms with E-state index in [0.29, 0.717) is 12.3 Å². The van der Waals surface area contributed by atoms with Crippen molar-refractivity contribution in [1.29, 1.82) is 0 Å². The lowest BCUT2D eigenvalue weighted by Crippen LogP contribution is -2.39. The van der Waals surface area contributed by atoms with Crippen LogP contribution in [0, 0.1) is 31.6 Å². The first kappa shape index (κ1) is 16.0. The second-order valence-electron chi connectivity index (χ2n) is 7.32. The zero-order valence-corrected chi connectivity index (χ0v) is 14.3. The fourth-order valence-corrected chi connectivity index (χ4v) is 3.50. The molecule has 2 aliphatic rings. The highest BCUT2D eigenvalue weighted by molar-refractivity contribution is 5.99. The van der Waals surface area contributed by atoms with Crippen LogP contribution in [0.3, 0.4) is 0 Å². The van der Waals surface area contributed by atoms with Gasteiger partial charge in [-0.2, -0.15) is 0 Å². The molecule has 2 atom stereocenters. The van der Waals surface area contributed by atoms with Crippen molar-refractivity contribution in [3.63, 3.8) is 0 Å². The van der Waals surface area contributed by atoms with Crippen molar-refractivity contribution in [3.8, 4) is 0 Å². The van der Waals surface area contributed by atoms with Crippen LogP contribution in [0.25, 0.3) is 0 Å². The van der Waals surface area contributed by atoms with Gasteiger partial charge in [-0.15, -0.1) is 0 Å². The van der Waals surface area contributed by atoms with E-state index < -0.39 is 0 Å². The molecule has 1 aromatic rings. The number of nitrogens with one attached hydrogen (secondary N) is 1. The Morgan fingerprint density at radius 3 is 2.26 bits per heavy atom. The van der Waals surface area contributed by atoms with Crippen molar-refractivity contribution in [3.05, 3.63) is 29.3 Å². The van der Waals surface area contributed by atoms with Crippen molar-refractivity contribution in [2.75, 3.05) is 18.4 Å². The lowest BCUT2D eigenvalue weighted by Gasteiger charge is -2.30. The zero-order valence-electron chi connectivity index (χ0n) is 14.3. The summed E-state index contributed by atoms with van der Waals surface area (Å²) < 4.78 is 0. The van der Waals surface area contributed by atoms with E-state index in [2.05, 4.69) is 18.3 Å². The molecular formula is C19H26N2O2. The minimum Gasteiger partial charge on any atom is -0.342 e. The van der Waals surface area contributed by atoms with E-state index in [9.17, 15) is 9.59 Å². The maximum atomic E-state index is 12.5. The number of benzene rings is 1. The number of hydrogen-bond donors (Lipinski definition) is 1. The van der Waals surface area contributed by atoms with Gasteiger partial charge in [0.15, 0.2) is 0 Å². The molecule has 4 nitrogen and oxygen atoms in total. The number of aryl methyl sites for hydroxylation is 2. The average molecular weight is 314 g/mol. The Morgan fingerprint density at radius 1 is 1.04 bits per heavy atom. The van der Waals surface area contributed by atoms with Gasteiger partial charge in [-0.3, -0.25) is 9.59 Å². The summed E-state index contributed by atoms with van der Waals surface area (Å²) in [6, 6.07) is 6.02. The topological polar surface area (TPSA) is 49.4 Å². The standard InChI is InChI=1S/C19H26N2O2/c1-12-4-6-21(7-5-12)19(23)17-11-16(17)18(22)20-15-9-13(2)8-14(3)10-15/h8-10,12,16-17H,4-7,11H2,1-3H3,(H,20,22). The molecule has 1 N–H and O–H groups in total. The Balaban J connectivity index is 1.55. The van der Waals surface area contributed by atoms with Crippen LogP contribution in [-0.4, -0.2) is 29.8 Å². The van der Waals surface area contributed by atoms with Gasteiger partial charge >= 0.3 is 0 Å². The molecule has 124 valence electrons. The van der Waals surface area contributed by atoms with Crippen molar-refractivity contribution < 1.29 is 9.59 Å². The maximum absolute atomic E-state index is 12.5. The van der Waals surface area contributed by atoms with Crippen LogP contribution in [0.1, 0.15) is 37.3 Å². The largest absolute Gasteiger partial charge is 0.342 e. The van der Waals surface area contributed by atoms with Crippen LogP contribution in [-0.2, 0) is 9.59 Å². The minimum absolute atomic E-state index is 0.0151. The highest BCUT2D eigenvalue weighted by Crippen LogP contribution is 2.41. The zero-order chi connectivity index (χ0) is 16.6. The monoisotopic (exact) mass is 314 g/mol. The molecule has 1 aliphatic carbocycles.